The maximum absolute atomic E-state index is 13.5. The monoisotopic (exact) mass is 322 g/mol. The van der Waals surface area contributed by atoms with E-state index in [2.05, 4.69) is 10.2 Å². The second-order valence-corrected chi connectivity index (χ2v) is 6.35. The van der Waals surface area contributed by atoms with Crippen molar-refractivity contribution in [2.75, 3.05) is 26.2 Å². The summed E-state index contributed by atoms with van der Waals surface area (Å²) < 4.78 is 13.5. The van der Waals surface area contributed by atoms with Gasteiger partial charge in [-0.25, -0.2) is 4.39 Å². The molecule has 0 aromatic heterocycles. The topological polar surface area (TPSA) is 52.6 Å². The highest BCUT2D eigenvalue weighted by molar-refractivity contribution is 5.78. The molecule has 1 aliphatic rings. The molecule has 1 heterocycles. The van der Waals surface area contributed by atoms with Gasteiger partial charge in [0.25, 0.3) is 0 Å². The molecule has 5 heteroatoms. The lowest BCUT2D eigenvalue weighted by Gasteiger charge is -2.31. The number of hydrogen-bond acceptors (Lipinski definition) is 3. The Morgan fingerprint density at radius 2 is 2.09 bits per heavy atom. The number of rotatable bonds is 7. The maximum Gasteiger partial charge on any atom is 0.223 e. The molecule has 1 aromatic rings. The average Bonchev–Trinajstić information content (AvgIpc) is 2.56. The number of aliphatic hydroxyl groups excluding tert-OH is 1. The minimum atomic E-state index is -0.229. The van der Waals surface area contributed by atoms with Crippen molar-refractivity contribution in [2.45, 2.75) is 39.2 Å². The molecule has 0 saturated carbocycles. The Morgan fingerprint density at radius 3 is 2.74 bits per heavy atom. The first-order valence-electron chi connectivity index (χ1n) is 8.46. The Hall–Kier alpha value is -1.46. The zero-order valence-corrected chi connectivity index (χ0v) is 13.9. The maximum atomic E-state index is 13.5. The molecule has 23 heavy (non-hydrogen) atoms. The van der Waals surface area contributed by atoms with Crippen LogP contribution in [0.3, 0.4) is 0 Å². The van der Waals surface area contributed by atoms with Crippen LogP contribution in [-0.4, -0.2) is 42.2 Å². The highest BCUT2D eigenvalue weighted by Gasteiger charge is 2.24. The van der Waals surface area contributed by atoms with Crippen LogP contribution in [0, 0.1) is 18.7 Å². The SMILES string of the molecule is Cc1ccc(CNC(=O)C2CCN(CCCCO)CC2)cc1F. The van der Waals surface area contributed by atoms with Crippen LogP contribution in [0.1, 0.15) is 36.8 Å². The molecule has 1 aromatic carbocycles. The molecule has 0 bridgehead atoms. The van der Waals surface area contributed by atoms with E-state index in [1.807, 2.05) is 6.07 Å². The van der Waals surface area contributed by atoms with E-state index in [0.717, 1.165) is 50.9 Å². The number of amides is 1. The summed E-state index contributed by atoms with van der Waals surface area (Å²) in [5, 5.41) is 11.7. The number of unbranched alkanes of at least 4 members (excludes halogenated alkanes) is 1. The van der Waals surface area contributed by atoms with Crippen LogP contribution in [0.15, 0.2) is 18.2 Å². The van der Waals surface area contributed by atoms with Crippen molar-refractivity contribution in [1.82, 2.24) is 10.2 Å². The first kappa shape index (κ1) is 17.9. The molecule has 4 nitrogen and oxygen atoms in total. The van der Waals surface area contributed by atoms with Crippen molar-refractivity contribution in [1.29, 1.82) is 0 Å². The van der Waals surface area contributed by atoms with Gasteiger partial charge in [0.15, 0.2) is 0 Å². The molecule has 0 radical (unpaired) electrons. The fourth-order valence-corrected chi connectivity index (χ4v) is 2.95. The first-order chi connectivity index (χ1) is 11.1. The van der Waals surface area contributed by atoms with Crippen LogP contribution in [0.5, 0.6) is 0 Å². The lowest BCUT2D eigenvalue weighted by molar-refractivity contribution is -0.126. The highest BCUT2D eigenvalue weighted by atomic mass is 19.1. The van der Waals surface area contributed by atoms with Crippen LogP contribution in [0.4, 0.5) is 4.39 Å². The van der Waals surface area contributed by atoms with E-state index in [1.54, 1.807) is 13.0 Å². The van der Waals surface area contributed by atoms with Gasteiger partial charge in [-0.1, -0.05) is 12.1 Å². The molecule has 1 saturated heterocycles. The number of aliphatic hydroxyl groups is 1. The zero-order chi connectivity index (χ0) is 16.7. The van der Waals surface area contributed by atoms with Crippen molar-refractivity contribution >= 4 is 5.91 Å². The second kappa shape index (κ2) is 8.99. The first-order valence-corrected chi connectivity index (χ1v) is 8.46. The van der Waals surface area contributed by atoms with Gasteiger partial charge in [-0.2, -0.15) is 0 Å². The third-order valence-electron chi connectivity index (χ3n) is 4.54. The van der Waals surface area contributed by atoms with Gasteiger partial charge in [-0.3, -0.25) is 4.79 Å². The van der Waals surface area contributed by atoms with Crippen molar-refractivity contribution in [3.05, 3.63) is 35.1 Å². The Kier molecular flexibility index (Phi) is 6.99. The van der Waals surface area contributed by atoms with Crippen LogP contribution in [0.2, 0.25) is 0 Å². The largest absolute Gasteiger partial charge is 0.396 e. The van der Waals surface area contributed by atoms with E-state index in [9.17, 15) is 9.18 Å². The fourth-order valence-electron chi connectivity index (χ4n) is 2.95. The Morgan fingerprint density at radius 1 is 1.35 bits per heavy atom. The van der Waals surface area contributed by atoms with Crippen molar-refractivity contribution < 1.29 is 14.3 Å². The van der Waals surface area contributed by atoms with E-state index in [1.165, 1.54) is 6.07 Å². The van der Waals surface area contributed by atoms with Crippen molar-refractivity contribution in [3.63, 3.8) is 0 Å². The summed E-state index contributed by atoms with van der Waals surface area (Å²) in [6, 6.07) is 5.07. The summed E-state index contributed by atoms with van der Waals surface area (Å²) in [4.78, 5) is 14.6. The fraction of sp³-hybridized carbons (Fsp3) is 0.611. The van der Waals surface area contributed by atoms with Gasteiger partial charge in [0.2, 0.25) is 5.91 Å². The molecular weight excluding hydrogens is 295 g/mol. The standard InChI is InChI=1S/C18H27FN2O2/c1-14-4-5-15(12-17(14)19)13-20-18(23)16-6-9-21(10-7-16)8-2-3-11-22/h4-5,12,16,22H,2-3,6-11,13H2,1H3,(H,20,23). The number of carbonyl (C=O) groups is 1. The molecular formula is C18H27FN2O2. The van der Waals surface area contributed by atoms with Crippen molar-refractivity contribution in [2.24, 2.45) is 5.92 Å². The van der Waals surface area contributed by atoms with Crippen molar-refractivity contribution in [3.8, 4) is 0 Å². The summed E-state index contributed by atoms with van der Waals surface area (Å²) in [7, 11) is 0. The molecule has 0 spiro atoms. The van der Waals surface area contributed by atoms with Crippen LogP contribution in [-0.2, 0) is 11.3 Å². The minimum Gasteiger partial charge on any atom is -0.396 e. The van der Waals surface area contributed by atoms with E-state index in [4.69, 9.17) is 5.11 Å². The molecule has 0 atom stereocenters. The quantitative estimate of drug-likeness (QED) is 0.757. The van der Waals surface area contributed by atoms with Crippen LogP contribution < -0.4 is 5.32 Å². The number of aryl methyl sites for hydroxylation is 1. The lowest BCUT2D eigenvalue weighted by atomic mass is 9.95. The number of benzene rings is 1. The van der Waals surface area contributed by atoms with E-state index in [0.29, 0.717) is 12.1 Å². The third-order valence-corrected chi connectivity index (χ3v) is 4.54. The predicted octanol–water partition coefficient (Wildman–Crippen LogP) is 2.23. The minimum absolute atomic E-state index is 0.0550. The summed E-state index contributed by atoms with van der Waals surface area (Å²) in [5.41, 5.74) is 1.41. The van der Waals surface area contributed by atoms with Gasteiger partial charge in [0.1, 0.15) is 5.82 Å². The number of nitrogens with one attached hydrogen (secondary N) is 1. The normalized spacial score (nSPS) is 16.5. The molecule has 1 amide bonds. The van der Waals surface area contributed by atoms with Gasteiger partial charge in [-0.15, -0.1) is 0 Å². The Labute approximate surface area is 137 Å². The third kappa shape index (κ3) is 5.59. The Balaban J connectivity index is 1.71. The van der Waals surface area contributed by atoms with E-state index in [-0.39, 0.29) is 24.2 Å². The number of nitrogens with zero attached hydrogens (tertiary/aromatic N) is 1. The summed E-state index contributed by atoms with van der Waals surface area (Å²) in [6.45, 7) is 5.22. The summed E-state index contributed by atoms with van der Waals surface area (Å²) in [5.74, 6) is -0.103. The summed E-state index contributed by atoms with van der Waals surface area (Å²) in [6.07, 6.45) is 3.58. The van der Waals surface area contributed by atoms with Crippen LogP contribution >= 0.6 is 0 Å². The van der Waals surface area contributed by atoms with E-state index < -0.39 is 0 Å². The zero-order valence-electron chi connectivity index (χ0n) is 13.9. The predicted molar refractivity (Wildman–Crippen MR) is 88.5 cm³/mol. The Bertz CT molecular complexity index is 514. The molecule has 1 fully saturated rings. The molecule has 2 rings (SSSR count). The van der Waals surface area contributed by atoms with Gasteiger partial charge in [0.05, 0.1) is 0 Å². The smallest absolute Gasteiger partial charge is 0.223 e. The number of carbonyl (C=O) groups excluding carboxylic acids is 1. The highest BCUT2D eigenvalue weighted by Crippen LogP contribution is 2.18. The van der Waals surface area contributed by atoms with Gasteiger partial charge in [-0.05, 0) is 69.4 Å². The van der Waals surface area contributed by atoms with Gasteiger partial charge in [0, 0.05) is 19.1 Å². The van der Waals surface area contributed by atoms with Gasteiger partial charge < -0.3 is 15.3 Å². The molecule has 128 valence electrons. The van der Waals surface area contributed by atoms with Crippen LogP contribution in [0.25, 0.3) is 0 Å². The lowest BCUT2D eigenvalue weighted by Crippen LogP contribution is -2.40. The number of halogens is 1. The summed E-state index contributed by atoms with van der Waals surface area (Å²) >= 11 is 0. The van der Waals surface area contributed by atoms with E-state index >= 15 is 0 Å². The molecule has 1 aliphatic heterocycles. The molecule has 2 N–H and O–H groups in total. The second-order valence-electron chi connectivity index (χ2n) is 6.35. The molecule has 0 aliphatic carbocycles. The number of likely N-dealkylation sites (tertiary alicyclic amines) is 1. The molecule has 0 unspecified atom stereocenters. The number of hydrogen-bond donors (Lipinski definition) is 2. The average molecular weight is 322 g/mol. The van der Waals surface area contributed by atoms with Gasteiger partial charge >= 0.3 is 0 Å². The number of piperidine rings is 1.